The van der Waals surface area contributed by atoms with E-state index in [0.29, 0.717) is 5.92 Å². The molecule has 1 N–H and O–H groups in total. The number of aromatic nitrogens is 2. The van der Waals surface area contributed by atoms with E-state index >= 15 is 0 Å². The molecular weight excluding hydrogens is 262 g/mol. The molecule has 0 fully saturated rings. The molecule has 4 nitrogen and oxygen atoms in total. The van der Waals surface area contributed by atoms with Crippen LogP contribution in [0, 0.1) is 5.92 Å². The van der Waals surface area contributed by atoms with E-state index in [2.05, 4.69) is 41.7 Å². The Morgan fingerprint density at radius 3 is 2.76 bits per heavy atom. The second kappa shape index (κ2) is 7.84. The van der Waals surface area contributed by atoms with Gasteiger partial charge in [-0.3, -0.25) is 4.68 Å². The Morgan fingerprint density at radius 2 is 2.10 bits per heavy atom. The van der Waals surface area contributed by atoms with Crippen molar-refractivity contribution in [3.05, 3.63) is 47.8 Å². The summed E-state index contributed by atoms with van der Waals surface area (Å²) in [4.78, 5) is 0. The number of aryl methyl sites for hydroxylation is 1. The number of ether oxygens (including phenoxy) is 1. The van der Waals surface area contributed by atoms with Gasteiger partial charge in [0.25, 0.3) is 0 Å². The van der Waals surface area contributed by atoms with Gasteiger partial charge in [-0.2, -0.15) is 5.10 Å². The van der Waals surface area contributed by atoms with Gasteiger partial charge < -0.3 is 10.1 Å². The molecule has 114 valence electrons. The van der Waals surface area contributed by atoms with Gasteiger partial charge in [-0.1, -0.05) is 19.1 Å². The highest BCUT2D eigenvalue weighted by Gasteiger charge is 2.12. The number of rotatable bonds is 8. The van der Waals surface area contributed by atoms with Crippen molar-refractivity contribution in [2.75, 3.05) is 20.2 Å². The van der Waals surface area contributed by atoms with Crippen LogP contribution in [0.1, 0.15) is 18.1 Å². The van der Waals surface area contributed by atoms with E-state index in [0.717, 1.165) is 31.7 Å². The standard InChI is InChI=1S/C17H25N3O/c1-4-18-11-15(9-16-12-19-20(2)13-16)8-14-6-5-7-17(10-14)21-3/h5-7,10,12-13,15,18H,4,8-9,11H2,1-3H3. The molecule has 1 aromatic heterocycles. The Morgan fingerprint density at radius 1 is 1.29 bits per heavy atom. The van der Waals surface area contributed by atoms with Gasteiger partial charge in [-0.15, -0.1) is 0 Å². The van der Waals surface area contributed by atoms with Crippen LogP contribution in [-0.4, -0.2) is 30.0 Å². The van der Waals surface area contributed by atoms with E-state index in [1.165, 1.54) is 11.1 Å². The molecular formula is C17H25N3O. The van der Waals surface area contributed by atoms with Crippen molar-refractivity contribution in [1.29, 1.82) is 0 Å². The fourth-order valence-corrected chi connectivity index (χ4v) is 2.61. The summed E-state index contributed by atoms with van der Waals surface area (Å²) in [6, 6.07) is 8.35. The molecule has 0 aliphatic heterocycles. The summed E-state index contributed by atoms with van der Waals surface area (Å²) >= 11 is 0. The molecule has 2 aromatic rings. The van der Waals surface area contributed by atoms with Crippen molar-refractivity contribution < 1.29 is 4.74 Å². The van der Waals surface area contributed by atoms with E-state index in [1.54, 1.807) is 7.11 Å². The number of benzene rings is 1. The van der Waals surface area contributed by atoms with Crippen molar-refractivity contribution >= 4 is 0 Å². The molecule has 4 heteroatoms. The maximum absolute atomic E-state index is 5.31. The smallest absolute Gasteiger partial charge is 0.119 e. The largest absolute Gasteiger partial charge is 0.497 e. The van der Waals surface area contributed by atoms with Crippen molar-refractivity contribution in [2.24, 2.45) is 13.0 Å². The van der Waals surface area contributed by atoms with Gasteiger partial charge in [0.15, 0.2) is 0 Å². The highest BCUT2D eigenvalue weighted by atomic mass is 16.5. The highest BCUT2D eigenvalue weighted by Crippen LogP contribution is 2.18. The molecule has 0 bridgehead atoms. The van der Waals surface area contributed by atoms with Gasteiger partial charge in [0, 0.05) is 13.2 Å². The van der Waals surface area contributed by atoms with Crippen LogP contribution in [0.3, 0.4) is 0 Å². The van der Waals surface area contributed by atoms with Gasteiger partial charge >= 0.3 is 0 Å². The SMILES string of the molecule is CCNCC(Cc1cccc(OC)c1)Cc1cnn(C)c1. The van der Waals surface area contributed by atoms with Gasteiger partial charge in [0.2, 0.25) is 0 Å². The predicted molar refractivity (Wildman–Crippen MR) is 85.6 cm³/mol. The van der Waals surface area contributed by atoms with Crippen LogP contribution in [0.15, 0.2) is 36.7 Å². The molecule has 1 atom stereocenters. The second-order valence-electron chi connectivity index (χ2n) is 5.46. The number of nitrogens with one attached hydrogen (secondary N) is 1. The first-order valence-electron chi connectivity index (χ1n) is 7.52. The average molecular weight is 287 g/mol. The molecule has 0 aliphatic carbocycles. The molecule has 0 spiro atoms. The van der Waals surface area contributed by atoms with Crippen LogP contribution in [0.2, 0.25) is 0 Å². The zero-order chi connectivity index (χ0) is 15.1. The molecule has 1 aromatic carbocycles. The highest BCUT2D eigenvalue weighted by molar-refractivity contribution is 5.28. The number of nitrogens with zero attached hydrogens (tertiary/aromatic N) is 2. The summed E-state index contributed by atoms with van der Waals surface area (Å²) in [7, 11) is 3.68. The summed E-state index contributed by atoms with van der Waals surface area (Å²) in [5.74, 6) is 1.48. The summed E-state index contributed by atoms with van der Waals surface area (Å²) in [5, 5.41) is 7.73. The van der Waals surface area contributed by atoms with Crippen molar-refractivity contribution in [3.63, 3.8) is 0 Å². The zero-order valence-electron chi connectivity index (χ0n) is 13.2. The summed E-state index contributed by atoms with van der Waals surface area (Å²) in [6.45, 7) is 4.16. The lowest BCUT2D eigenvalue weighted by atomic mass is 9.93. The molecule has 0 aliphatic rings. The first-order chi connectivity index (χ1) is 10.2. The van der Waals surface area contributed by atoms with Crippen LogP contribution in [0.4, 0.5) is 0 Å². The third-order valence-corrected chi connectivity index (χ3v) is 3.62. The molecule has 2 rings (SSSR count). The maximum Gasteiger partial charge on any atom is 0.119 e. The zero-order valence-corrected chi connectivity index (χ0v) is 13.2. The van der Waals surface area contributed by atoms with Crippen LogP contribution in [0.25, 0.3) is 0 Å². The lowest BCUT2D eigenvalue weighted by Crippen LogP contribution is -2.25. The quantitative estimate of drug-likeness (QED) is 0.810. The van der Waals surface area contributed by atoms with E-state index in [4.69, 9.17) is 4.74 Å². The number of hydrogen-bond donors (Lipinski definition) is 1. The van der Waals surface area contributed by atoms with Crippen molar-refractivity contribution in [1.82, 2.24) is 15.1 Å². The Hall–Kier alpha value is -1.81. The van der Waals surface area contributed by atoms with Gasteiger partial charge in [-0.25, -0.2) is 0 Å². The molecule has 1 unspecified atom stereocenters. The second-order valence-corrected chi connectivity index (χ2v) is 5.46. The van der Waals surface area contributed by atoms with Gasteiger partial charge in [0.05, 0.1) is 13.3 Å². The normalized spacial score (nSPS) is 12.3. The third kappa shape index (κ3) is 4.90. The van der Waals surface area contributed by atoms with E-state index in [1.807, 2.05) is 24.0 Å². The maximum atomic E-state index is 5.31. The van der Waals surface area contributed by atoms with Gasteiger partial charge in [0.1, 0.15) is 5.75 Å². The average Bonchev–Trinajstić information content (AvgIpc) is 2.90. The fraction of sp³-hybridized carbons (Fsp3) is 0.471. The Labute approximate surface area is 127 Å². The summed E-state index contributed by atoms with van der Waals surface area (Å²) in [6.07, 6.45) is 6.15. The summed E-state index contributed by atoms with van der Waals surface area (Å²) < 4.78 is 7.18. The Balaban J connectivity index is 2.04. The van der Waals surface area contributed by atoms with Crippen LogP contribution in [-0.2, 0) is 19.9 Å². The van der Waals surface area contributed by atoms with E-state index in [9.17, 15) is 0 Å². The predicted octanol–water partition coefficient (Wildman–Crippen LogP) is 2.44. The topological polar surface area (TPSA) is 39.1 Å². The number of hydrogen-bond acceptors (Lipinski definition) is 3. The minimum atomic E-state index is 0.557. The molecule has 0 saturated carbocycles. The van der Waals surface area contributed by atoms with Gasteiger partial charge in [-0.05, 0) is 55.1 Å². The lowest BCUT2D eigenvalue weighted by molar-refractivity contribution is 0.413. The molecule has 0 amide bonds. The van der Waals surface area contributed by atoms with E-state index < -0.39 is 0 Å². The molecule has 21 heavy (non-hydrogen) atoms. The monoisotopic (exact) mass is 287 g/mol. The van der Waals surface area contributed by atoms with E-state index in [-0.39, 0.29) is 0 Å². The molecule has 0 radical (unpaired) electrons. The summed E-state index contributed by atoms with van der Waals surface area (Å²) in [5.41, 5.74) is 2.62. The van der Waals surface area contributed by atoms with Crippen LogP contribution < -0.4 is 10.1 Å². The first-order valence-corrected chi connectivity index (χ1v) is 7.52. The first kappa shape index (κ1) is 15.6. The number of methoxy groups -OCH3 is 1. The minimum absolute atomic E-state index is 0.557. The van der Waals surface area contributed by atoms with Crippen molar-refractivity contribution in [2.45, 2.75) is 19.8 Å². The fourth-order valence-electron chi connectivity index (χ4n) is 2.61. The van der Waals surface area contributed by atoms with Crippen LogP contribution in [0.5, 0.6) is 5.75 Å². The van der Waals surface area contributed by atoms with Crippen molar-refractivity contribution in [3.8, 4) is 5.75 Å². The lowest BCUT2D eigenvalue weighted by Gasteiger charge is -2.17. The third-order valence-electron chi connectivity index (χ3n) is 3.62. The Bertz CT molecular complexity index is 550. The Kier molecular flexibility index (Phi) is 5.81. The molecule has 0 saturated heterocycles. The minimum Gasteiger partial charge on any atom is -0.497 e. The van der Waals surface area contributed by atoms with Crippen LogP contribution >= 0.6 is 0 Å². The molecule has 1 heterocycles.